The fraction of sp³-hybridized carbons (Fsp3) is 0. The monoisotopic (exact) mass is 188 g/mol. The van der Waals surface area contributed by atoms with Crippen LogP contribution in [0.15, 0.2) is 10.6 Å². The molecule has 0 spiro atoms. The van der Waals surface area contributed by atoms with E-state index in [1.807, 2.05) is 0 Å². The number of hydrogen-bond acceptors (Lipinski definition) is 6. The predicted molar refractivity (Wildman–Crippen MR) is 38.2 cm³/mol. The third-order valence-corrected chi connectivity index (χ3v) is 1.78. The minimum absolute atomic E-state index is 0.0217. The predicted octanol–water partition coefficient (Wildman–Crippen LogP) is 1.24. The van der Waals surface area contributed by atoms with Gasteiger partial charge in [0.05, 0.1) is 6.20 Å². The zero-order chi connectivity index (χ0) is 7.68. The maximum atomic E-state index is 5.40. The van der Waals surface area contributed by atoms with Gasteiger partial charge in [0.2, 0.25) is 0 Å². The molecule has 0 aliphatic rings. The Morgan fingerprint density at radius 3 is 2.91 bits per heavy atom. The summed E-state index contributed by atoms with van der Waals surface area (Å²) in [5.41, 5.74) is 0. The van der Waals surface area contributed by atoms with E-state index in [0.717, 1.165) is 0 Å². The van der Waals surface area contributed by atoms with E-state index in [1.54, 1.807) is 0 Å². The van der Waals surface area contributed by atoms with Crippen molar-refractivity contribution >= 4 is 23.1 Å². The number of nitrogens with zero attached hydrogens (tertiary/aromatic N) is 4. The van der Waals surface area contributed by atoms with E-state index >= 15 is 0 Å². The van der Waals surface area contributed by atoms with Crippen molar-refractivity contribution in [1.82, 2.24) is 19.8 Å². The summed E-state index contributed by atoms with van der Waals surface area (Å²) >= 11 is 6.57. The molecule has 0 bridgehead atoms. The highest BCUT2D eigenvalue weighted by molar-refractivity contribution is 7.09. The molecular formula is C4HClN4OS. The van der Waals surface area contributed by atoms with Crippen molar-refractivity contribution < 1.29 is 4.42 Å². The molecule has 0 amide bonds. The largest absolute Gasteiger partial charge is 0.406 e. The normalized spacial score (nSPS) is 10.3. The summed E-state index contributed by atoms with van der Waals surface area (Å²) in [5.74, 6) is 0.352. The summed E-state index contributed by atoms with van der Waals surface area (Å²) in [5, 5.41) is 10.7. The van der Waals surface area contributed by atoms with Crippen molar-refractivity contribution in [2.24, 2.45) is 0 Å². The molecule has 2 rings (SSSR count). The van der Waals surface area contributed by atoms with E-state index in [9.17, 15) is 0 Å². The van der Waals surface area contributed by atoms with Crippen LogP contribution in [0.4, 0.5) is 0 Å². The summed E-state index contributed by atoms with van der Waals surface area (Å²) in [6.07, 6.45) is 1.54. The molecule has 0 fully saturated rings. The van der Waals surface area contributed by atoms with E-state index in [1.165, 1.54) is 17.7 Å². The van der Waals surface area contributed by atoms with Crippen LogP contribution in [0.25, 0.3) is 10.8 Å². The zero-order valence-corrected chi connectivity index (χ0v) is 6.63. The molecular weight excluding hydrogens is 188 g/mol. The van der Waals surface area contributed by atoms with Crippen LogP contribution >= 0.6 is 23.1 Å². The average Bonchev–Trinajstić information content (AvgIpc) is 2.55. The van der Waals surface area contributed by atoms with Crippen LogP contribution in [0.5, 0.6) is 0 Å². The van der Waals surface area contributed by atoms with Crippen molar-refractivity contribution in [3.05, 3.63) is 11.5 Å². The maximum Gasteiger partial charge on any atom is 0.313 e. The van der Waals surface area contributed by atoms with Crippen LogP contribution < -0.4 is 0 Å². The first-order chi connectivity index (χ1) is 5.36. The van der Waals surface area contributed by atoms with Crippen LogP contribution in [0.1, 0.15) is 0 Å². The van der Waals surface area contributed by atoms with Crippen molar-refractivity contribution in [3.8, 4) is 10.8 Å². The third kappa shape index (κ3) is 1.22. The van der Waals surface area contributed by atoms with Gasteiger partial charge >= 0.3 is 5.35 Å². The molecule has 0 aromatic carbocycles. The number of hydrogen-bond donors (Lipinski definition) is 0. The maximum absolute atomic E-state index is 5.40. The topological polar surface area (TPSA) is 64.7 Å². The Bertz CT molecular complexity index is 345. The highest BCUT2D eigenvalue weighted by Gasteiger charge is 2.08. The fourth-order valence-electron chi connectivity index (χ4n) is 0.566. The molecule has 0 saturated carbocycles. The first kappa shape index (κ1) is 6.68. The van der Waals surface area contributed by atoms with Crippen molar-refractivity contribution in [2.75, 3.05) is 0 Å². The Morgan fingerprint density at radius 1 is 1.45 bits per heavy atom. The van der Waals surface area contributed by atoms with Gasteiger partial charge in [-0.15, -0.1) is 10.2 Å². The van der Waals surface area contributed by atoms with E-state index < -0.39 is 0 Å². The highest BCUT2D eigenvalue weighted by atomic mass is 35.5. The van der Waals surface area contributed by atoms with Crippen molar-refractivity contribution in [1.29, 1.82) is 0 Å². The molecule has 56 valence electrons. The van der Waals surface area contributed by atoms with E-state index in [4.69, 9.17) is 16.0 Å². The molecule has 0 N–H and O–H groups in total. The smallest absolute Gasteiger partial charge is 0.313 e. The Kier molecular flexibility index (Phi) is 1.55. The molecule has 0 saturated heterocycles. The van der Waals surface area contributed by atoms with Gasteiger partial charge in [-0.25, -0.2) is 0 Å². The van der Waals surface area contributed by atoms with Gasteiger partial charge in [0, 0.05) is 0 Å². The number of rotatable bonds is 1. The highest BCUT2D eigenvalue weighted by Crippen LogP contribution is 2.20. The van der Waals surface area contributed by atoms with Gasteiger partial charge in [0.15, 0.2) is 0 Å². The lowest BCUT2D eigenvalue weighted by atomic mass is 10.6. The SMILES string of the molecule is Clc1nnc(-c2cnns2)o1. The van der Waals surface area contributed by atoms with Crippen LogP contribution in [-0.4, -0.2) is 19.8 Å². The number of aromatic nitrogens is 4. The molecule has 2 aromatic heterocycles. The summed E-state index contributed by atoms with van der Waals surface area (Å²) in [7, 11) is 0. The van der Waals surface area contributed by atoms with Crippen molar-refractivity contribution in [2.45, 2.75) is 0 Å². The van der Waals surface area contributed by atoms with Crippen LogP contribution in [0.3, 0.4) is 0 Å². The van der Waals surface area contributed by atoms with Gasteiger partial charge < -0.3 is 4.42 Å². The van der Waals surface area contributed by atoms with Crippen LogP contribution in [-0.2, 0) is 0 Å². The standard InChI is InChI=1S/C4HClN4OS/c5-4-8-7-3(10-4)2-1-6-9-11-2/h1H. The van der Waals surface area contributed by atoms with Crippen LogP contribution in [0.2, 0.25) is 5.35 Å². The first-order valence-electron chi connectivity index (χ1n) is 2.63. The second-order valence-electron chi connectivity index (χ2n) is 1.64. The summed E-state index contributed by atoms with van der Waals surface area (Å²) < 4.78 is 8.53. The van der Waals surface area contributed by atoms with Crippen molar-refractivity contribution in [3.63, 3.8) is 0 Å². The van der Waals surface area contributed by atoms with Gasteiger partial charge in [-0.3, -0.25) is 0 Å². The fourth-order valence-corrected chi connectivity index (χ4v) is 1.11. The lowest BCUT2D eigenvalue weighted by Gasteiger charge is -1.78. The molecule has 0 atom stereocenters. The molecule has 2 heterocycles. The minimum atomic E-state index is 0.0217. The molecule has 11 heavy (non-hydrogen) atoms. The van der Waals surface area contributed by atoms with E-state index in [0.29, 0.717) is 10.8 Å². The Balaban J connectivity index is 2.45. The van der Waals surface area contributed by atoms with Gasteiger partial charge in [-0.1, -0.05) is 9.59 Å². The second kappa shape index (κ2) is 2.55. The minimum Gasteiger partial charge on any atom is -0.406 e. The summed E-state index contributed by atoms with van der Waals surface area (Å²) in [6.45, 7) is 0. The molecule has 5 nitrogen and oxygen atoms in total. The van der Waals surface area contributed by atoms with E-state index in [-0.39, 0.29) is 5.35 Å². The third-order valence-electron chi connectivity index (χ3n) is 0.972. The lowest BCUT2D eigenvalue weighted by molar-refractivity contribution is 0.572. The van der Waals surface area contributed by atoms with Gasteiger partial charge in [0.25, 0.3) is 5.89 Å². The van der Waals surface area contributed by atoms with E-state index in [2.05, 4.69) is 19.8 Å². The molecule has 0 aliphatic carbocycles. The van der Waals surface area contributed by atoms with Gasteiger partial charge in [-0.2, -0.15) is 0 Å². The lowest BCUT2D eigenvalue weighted by Crippen LogP contribution is -1.70. The Labute approximate surface area is 70.2 Å². The number of halogens is 1. The Hall–Kier alpha value is -1.01. The molecule has 0 radical (unpaired) electrons. The zero-order valence-electron chi connectivity index (χ0n) is 5.06. The summed E-state index contributed by atoms with van der Waals surface area (Å²) in [4.78, 5) is 0.712. The second-order valence-corrected chi connectivity index (χ2v) is 2.75. The molecule has 7 heteroatoms. The molecule has 0 unspecified atom stereocenters. The average molecular weight is 189 g/mol. The van der Waals surface area contributed by atoms with Gasteiger partial charge in [-0.05, 0) is 23.1 Å². The molecule has 0 aliphatic heterocycles. The van der Waals surface area contributed by atoms with Gasteiger partial charge in [0.1, 0.15) is 4.88 Å². The van der Waals surface area contributed by atoms with Crippen LogP contribution in [0, 0.1) is 0 Å². The first-order valence-corrected chi connectivity index (χ1v) is 3.78. The molecule has 2 aromatic rings. The summed E-state index contributed by atoms with van der Waals surface area (Å²) in [6, 6.07) is 0. The quantitative estimate of drug-likeness (QED) is 0.674. The Morgan fingerprint density at radius 2 is 2.36 bits per heavy atom.